The number of hydrogen-bond donors (Lipinski definition) is 2. The number of carboxylic acid groups (broad SMARTS) is 1. The SMILES string of the molecule is CC(C)(CC1(C(=O)C=[N+]=[N-])CC1)NC(=O)O. The quantitative estimate of drug-likeness (QED) is 0.415. The van der Waals surface area contributed by atoms with Crippen molar-refractivity contribution in [3.05, 3.63) is 5.53 Å². The molecule has 1 amide bonds. The van der Waals surface area contributed by atoms with Crippen LogP contribution in [0, 0.1) is 5.41 Å². The van der Waals surface area contributed by atoms with Crippen molar-refractivity contribution in [2.75, 3.05) is 0 Å². The molecule has 0 spiro atoms. The highest BCUT2D eigenvalue weighted by Gasteiger charge is 2.53. The van der Waals surface area contributed by atoms with Crippen LogP contribution in [0.5, 0.6) is 0 Å². The summed E-state index contributed by atoms with van der Waals surface area (Å²) in [6.45, 7) is 3.45. The molecule has 0 aliphatic heterocycles. The molecule has 6 heteroatoms. The summed E-state index contributed by atoms with van der Waals surface area (Å²) in [4.78, 5) is 24.9. The van der Waals surface area contributed by atoms with Crippen molar-refractivity contribution in [3.8, 4) is 0 Å². The average molecular weight is 225 g/mol. The fourth-order valence-electron chi connectivity index (χ4n) is 2.03. The zero-order chi connectivity index (χ0) is 12.4. The maximum atomic E-state index is 11.6. The molecule has 1 rings (SSSR count). The fourth-order valence-corrected chi connectivity index (χ4v) is 2.03. The molecular formula is C10H15N3O3. The molecule has 0 bridgehead atoms. The van der Waals surface area contributed by atoms with Crippen molar-refractivity contribution in [3.63, 3.8) is 0 Å². The van der Waals surface area contributed by atoms with E-state index in [-0.39, 0.29) is 5.78 Å². The first kappa shape index (κ1) is 12.4. The van der Waals surface area contributed by atoms with Gasteiger partial charge in [-0.05, 0) is 33.1 Å². The zero-order valence-electron chi connectivity index (χ0n) is 9.36. The van der Waals surface area contributed by atoms with Gasteiger partial charge in [-0.1, -0.05) is 0 Å². The highest BCUT2D eigenvalue weighted by molar-refractivity contribution is 6.28. The summed E-state index contributed by atoms with van der Waals surface area (Å²) in [7, 11) is 0. The van der Waals surface area contributed by atoms with E-state index in [2.05, 4.69) is 10.1 Å². The van der Waals surface area contributed by atoms with Crippen LogP contribution in [0.2, 0.25) is 0 Å². The summed E-state index contributed by atoms with van der Waals surface area (Å²) in [6, 6.07) is 0. The summed E-state index contributed by atoms with van der Waals surface area (Å²) in [5, 5.41) is 11.0. The predicted octanol–water partition coefficient (Wildman–Crippen LogP) is 1.07. The van der Waals surface area contributed by atoms with Crippen molar-refractivity contribution in [2.24, 2.45) is 5.41 Å². The van der Waals surface area contributed by atoms with Gasteiger partial charge in [-0.15, -0.1) is 0 Å². The molecular weight excluding hydrogens is 210 g/mol. The molecule has 1 fully saturated rings. The molecule has 0 aromatic carbocycles. The van der Waals surface area contributed by atoms with Crippen molar-refractivity contribution in [2.45, 2.75) is 38.6 Å². The number of nitrogens with zero attached hydrogens (tertiary/aromatic N) is 2. The van der Waals surface area contributed by atoms with Crippen LogP contribution in [0.1, 0.15) is 33.1 Å². The Morgan fingerprint density at radius 3 is 2.50 bits per heavy atom. The first-order valence-corrected chi connectivity index (χ1v) is 5.04. The molecule has 0 aromatic rings. The Hall–Kier alpha value is -1.68. The van der Waals surface area contributed by atoms with Crippen molar-refractivity contribution in [1.82, 2.24) is 5.32 Å². The summed E-state index contributed by atoms with van der Waals surface area (Å²) in [6.07, 6.45) is 1.62. The van der Waals surface area contributed by atoms with Crippen LogP contribution in [0.3, 0.4) is 0 Å². The van der Waals surface area contributed by atoms with Gasteiger partial charge in [-0.25, -0.2) is 4.79 Å². The predicted molar refractivity (Wildman–Crippen MR) is 56.2 cm³/mol. The van der Waals surface area contributed by atoms with Crippen LogP contribution >= 0.6 is 0 Å². The second-order valence-corrected chi connectivity index (χ2v) is 4.88. The van der Waals surface area contributed by atoms with Crippen LogP contribution in [0.15, 0.2) is 0 Å². The number of amides is 1. The van der Waals surface area contributed by atoms with Gasteiger partial charge in [0.05, 0.1) is 0 Å². The van der Waals surface area contributed by atoms with Crippen LogP contribution < -0.4 is 5.32 Å². The molecule has 88 valence electrons. The highest BCUT2D eigenvalue weighted by atomic mass is 16.4. The van der Waals surface area contributed by atoms with Crippen LogP contribution in [0.25, 0.3) is 5.53 Å². The third-order valence-electron chi connectivity index (χ3n) is 2.78. The van der Waals surface area contributed by atoms with Crippen LogP contribution in [0.4, 0.5) is 4.79 Å². The Morgan fingerprint density at radius 2 is 2.12 bits per heavy atom. The Morgan fingerprint density at radius 1 is 1.56 bits per heavy atom. The van der Waals surface area contributed by atoms with Gasteiger partial charge in [-0.2, -0.15) is 4.79 Å². The fraction of sp³-hybridized carbons (Fsp3) is 0.700. The third kappa shape index (κ3) is 2.90. The lowest BCUT2D eigenvalue weighted by atomic mass is 9.85. The molecule has 0 heterocycles. The topological polar surface area (TPSA) is 103 Å². The Kier molecular flexibility index (Phi) is 3.14. The second kappa shape index (κ2) is 4.06. The average Bonchev–Trinajstić information content (AvgIpc) is 2.82. The standard InChI is InChI=1S/C10H15N3O3/c1-9(2,13-8(15)16)6-10(3-4-10)7(14)5-12-11/h5,13H,3-4,6H2,1-2H3,(H,15,16). The summed E-state index contributed by atoms with van der Waals surface area (Å²) in [5.74, 6) is -0.240. The van der Waals surface area contributed by atoms with Crippen LogP contribution in [-0.2, 0) is 4.79 Å². The number of Topliss-reactive ketones (excluding diaryl/α,β-unsaturated/α-hetero) is 1. The molecule has 16 heavy (non-hydrogen) atoms. The number of rotatable bonds is 5. The molecule has 1 aliphatic rings. The van der Waals surface area contributed by atoms with Crippen molar-refractivity contribution < 1.29 is 19.5 Å². The van der Waals surface area contributed by atoms with Gasteiger partial charge < -0.3 is 16.0 Å². The Balaban J connectivity index is 2.69. The monoisotopic (exact) mass is 225 g/mol. The minimum atomic E-state index is -1.11. The molecule has 0 aromatic heterocycles. The van der Waals surface area contributed by atoms with Crippen LogP contribution in [-0.4, -0.2) is 33.5 Å². The first-order chi connectivity index (χ1) is 7.31. The van der Waals surface area contributed by atoms with E-state index < -0.39 is 17.0 Å². The highest BCUT2D eigenvalue weighted by Crippen LogP contribution is 2.51. The molecule has 0 atom stereocenters. The zero-order valence-corrected chi connectivity index (χ0v) is 9.36. The molecule has 0 radical (unpaired) electrons. The largest absolute Gasteiger partial charge is 0.465 e. The van der Waals surface area contributed by atoms with E-state index in [1.165, 1.54) is 0 Å². The first-order valence-electron chi connectivity index (χ1n) is 5.04. The molecule has 0 saturated heterocycles. The lowest BCUT2D eigenvalue weighted by molar-refractivity contribution is -0.121. The van der Waals surface area contributed by atoms with Gasteiger partial charge in [0.2, 0.25) is 5.78 Å². The van der Waals surface area contributed by atoms with Gasteiger partial charge in [-0.3, -0.25) is 4.79 Å². The van der Waals surface area contributed by atoms with Gasteiger partial charge in [0.25, 0.3) is 0 Å². The third-order valence-corrected chi connectivity index (χ3v) is 2.78. The molecule has 0 unspecified atom stereocenters. The lowest BCUT2D eigenvalue weighted by Gasteiger charge is -2.27. The van der Waals surface area contributed by atoms with E-state index in [1.807, 2.05) is 0 Å². The van der Waals surface area contributed by atoms with E-state index in [1.54, 1.807) is 13.8 Å². The summed E-state index contributed by atoms with van der Waals surface area (Å²) >= 11 is 0. The molecule has 2 N–H and O–H groups in total. The van der Waals surface area contributed by atoms with E-state index in [4.69, 9.17) is 10.6 Å². The lowest BCUT2D eigenvalue weighted by Crippen LogP contribution is -2.45. The Labute approximate surface area is 93.3 Å². The van der Waals surface area contributed by atoms with Gasteiger partial charge in [0.1, 0.15) is 0 Å². The molecule has 1 saturated carbocycles. The van der Waals surface area contributed by atoms with Gasteiger partial charge in [0.15, 0.2) is 0 Å². The number of ketones is 1. The maximum Gasteiger partial charge on any atom is 0.405 e. The van der Waals surface area contributed by atoms with Gasteiger partial charge >= 0.3 is 12.3 Å². The van der Waals surface area contributed by atoms with Crippen molar-refractivity contribution >= 4 is 18.1 Å². The Bertz CT molecular complexity index is 366. The number of nitrogens with one attached hydrogen (secondary N) is 1. The van der Waals surface area contributed by atoms with E-state index >= 15 is 0 Å². The van der Waals surface area contributed by atoms with Gasteiger partial charge in [0, 0.05) is 11.0 Å². The molecule has 6 nitrogen and oxygen atoms in total. The maximum absolute atomic E-state index is 11.6. The van der Waals surface area contributed by atoms with E-state index in [0.29, 0.717) is 19.3 Å². The minimum Gasteiger partial charge on any atom is -0.465 e. The smallest absolute Gasteiger partial charge is 0.405 e. The van der Waals surface area contributed by atoms with Crippen molar-refractivity contribution in [1.29, 1.82) is 0 Å². The summed E-state index contributed by atoms with van der Waals surface area (Å²) < 4.78 is 0. The number of hydrogen-bond acceptors (Lipinski definition) is 2. The number of carbonyl (C=O) groups is 2. The van der Waals surface area contributed by atoms with E-state index in [9.17, 15) is 9.59 Å². The molecule has 1 aliphatic carbocycles. The second-order valence-electron chi connectivity index (χ2n) is 4.88. The normalized spacial score (nSPS) is 17.1. The number of carbonyl (C=O) groups excluding carboxylic acids is 1. The summed E-state index contributed by atoms with van der Waals surface area (Å²) in [5.41, 5.74) is 7.10. The van der Waals surface area contributed by atoms with E-state index in [0.717, 1.165) is 6.21 Å². The minimum absolute atomic E-state index is 0.240.